The van der Waals surface area contributed by atoms with Crippen molar-refractivity contribution in [2.24, 2.45) is 5.92 Å². The molecule has 0 aromatic heterocycles. The van der Waals surface area contributed by atoms with Crippen LogP contribution in [0.25, 0.3) is 11.1 Å². The Bertz CT molecular complexity index is 1100. The van der Waals surface area contributed by atoms with Gasteiger partial charge in [-0.15, -0.1) is 0 Å². The molecule has 0 aliphatic heterocycles. The molecule has 36 heavy (non-hydrogen) atoms. The van der Waals surface area contributed by atoms with E-state index >= 15 is 0 Å². The van der Waals surface area contributed by atoms with Gasteiger partial charge in [0.05, 0.1) is 6.42 Å². The van der Waals surface area contributed by atoms with Gasteiger partial charge in [-0.05, 0) is 28.2 Å². The number of amides is 3. The van der Waals surface area contributed by atoms with Crippen molar-refractivity contribution in [2.75, 3.05) is 27.7 Å². The maximum absolute atomic E-state index is 13.1. The number of ether oxygens (including phenoxy) is 1. The van der Waals surface area contributed by atoms with E-state index in [1.54, 1.807) is 13.8 Å². The Morgan fingerprint density at radius 1 is 0.944 bits per heavy atom. The van der Waals surface area contributed by atoms with Gasteiger partial charge >= 0.3 is 12.1 Å². The third kappa shape index (κ3) is 5.67. The molecule has 2 aromatic carbocycles. The Balaban J connectivity index is 1.73. The highest BCUT2D eigenvalue weighted by Crippen LogP contribution is 2.44. The first kappa shape index (κ1) is 26.7. The Morgan fingerprint density at radius 3 is 1.94 bits per heavy atom. The van der Waals surface area contributed by atoms with E-state index in [9.17, 15) is 24.3 Å². The molecule has 3 rings (SSSR count). The summed E-state index contributed by atoms with van der Waals surface area (Å²) in [7, 11) is 4.42. The lowest BCUT2D eigenvalue weighted by Gasteiger charge is -2.31. The normalized spacial score (nSPS) is 13.8. The van der Waals surface area contributed by atoms with Crippen molar-refractivity contribution < 1.29 is 29.0 Å². The van der Waals surface area contributed by atoms with Crippen molar-refractivity contribution in [1.82, 2.24) is 15.1 Å². The fraction of sp³-hybridized carbons (Fsp3) is 0.407. The zero-order valence-corrected chi connectivity index (χ0v) is 21.2. The minimum Gasteiger partial charge on any atom is -0.481 e. The van der Waals surface area contributed by atoms with Gasteiger partial charge in [0.1, 0.15) is 18.7 Å². The van der Waals surface area contributed by atoms with Gasteiger partial charge in [0, 0.05) is 27.1 Å². The Labute approximate surface area is 211 Å². The maximum Gasteiger partial charge on any atom is 0.410 e. The minimum absolute atomic E-state index is 0.102. The lowest BCUT2D eigenvalue weighted by Crippen LogP contribution is -2.56. The SMILES string of the molecule is CC(C)C(C(=O)NC(CC(=O)O)C(=O)N(C)C)N(C)C(=O)OCC1c2ccccc2-c2ccccc21. The lowest BCUT2D eigenvalue weighted by molar-refractivity contribution is -0.143. The molecular weight excluding hydrogens is 462 g/mol. The third-order valence-corrected chi connectivity index (χ3v) is 6.38. The number of carboxylic acids is 1. The molecule has 1 aliphatic carbocycles. The molecule has 3 amide bonds. The van der Waals surface area contributed by atoms with Crippen LogP contribution < -0.4 is 5.32 Å². The monoisotopic (exact) mass is 495 g/mol. The number of fused-ring (bicyclic) bond motifs is 3. The van der Waals surface area contributed by atoms with Gasteiger partial charge < -0.3 is 20.1 Å². The highest BCUT2D eigenvalue weighted by atomic mass is 16.6. The molecule has 0 radical (unpaired) electrons. The molecule has 0 saturated heterocycles. The lowest BCUT2D eigenvalue weighted by atomic mass is 9.98. The number of aliphatic carboxylic acids is 1. The van der Waals surface area contributed by atoms with E-state index in [0.29, 0.717) is 0 Å². The van der Waals surface area contributed by atoms with Crippen LogP contribution in [-0.2, 0) is 19.1 Å². The van der Waals surface area contributed by atoms with Crippen LogP contribution in [0.15, 0.2) is 48.5 Å². The number of likely N-dealkylation sites (N-methyl/N-ethyl adjacent to an activating group) is 2. The molecule has 0 fully saturated rings. The largest absolute Gasteiger partial charge is 0.481 e. The smallest absolute Gasteiger partial charge is 0.410 e. The number of hydrogen-bond donors (Lipinski definition) is 2. The first-order valence-electron chi connectivity index (χ1n) is 11.8. The minimum atomic E-state index is -1.25. The standard InChI is InChI=1S/C27H33N3O6/c1-16(2)24(25(33)28-22(14-23(31)32)26(34)29(3)4)30(5)27(35)36-15-21-19-12-8-6-10-17(19)18-11-7-9-13-20(18)21/h6-13,16,21-22,24H,14-15H2,1-5H3,(H,28,33)(H,31,32). The molecule has 1 aliphatic rings. The van der Waals surface area contributed by atoms with Gasteiger partial charge in [0.25, 0.3) is 0 Å². The van der Waals surface area contributed by atoms with Crippen molar-refractivity contribution in [2.45, 2.75) is 38.3 Å². The summed E-state index contributed by atoms with van der Waals surface area (Å²) in [6.07, 6.45) is -1.25. The molecule has 2 atom stereocenters. The fourth-order valence-corrected chi connectivity index (χ4v) is 4.68. The summed E-state index contributed by atoms with van der Waals surface area (Å²) in [6, 6.07) is 13.8. The molecule has 0 saturated carbocycles. The number of rotatable bonds is 9. The fourth-order valence-electron chi connectivity index (χ4n) is 4.68. The van der Waals surface area contributed by atoms with E-state index < -0.39 is 42.4 Å². The number of carbonyl (C=O) groups is 4. The first-order valence-corrected chi connectivity index (χ1v) is 11.8. The maximum atomic E-state index is 13.1. The van der Waals surface area contributed by atoms with Crippen molar-refractivity contribution in [3.8, 4) is 11.1 Å². The van der Waals surface area contributed by atoms with Crippen LogP contribution in [0.5, 0.6) is 0 Å². The molecule has 9 nitrogen and oxygen atoms in total. The predicted octanol–water partition coefficient (Wildman–Crippen LogP) is 2.94. The van der Waals surface area contributed by atoms with E-state index in [1.807, 2.05) is 48.5 Å². The van der Waals surface area contributed by atoms with Crippen molar-refractivity contribution in [1.29, 1.82) is 0 Å². The van der Waals surface area contributed by atoms with Gasteiger partial charge in [-0.3, -0.25) is 19.3 Å². The summed E-state index contributed by atoms with van der Waals surface area (Å²) in [5.74, 6) is -2.84. The summed E-state index contributed by atoms with van der Waals surface area (Å²) in [6.45, 7) is 3.62. The number of hydrogen-bond acceptors (Lipinski definition) is 5. The van der Waals surface area contributed by atoms with Gasteiger partial charge in [0.2, 0.25) is 11.8 Å². The average Bonchev–Trinajstić information content (AvgIpc) is 3.14. The second kappa shape index (κ2) is 11.2. The highest BCUT2D eigenvalue weighted by Gasteiger charge is 2.35. The number of nitrogens with zero attached hydrogens (tertiary/aromatic N) is 2. The Hall–Kier alpha value is -3.88. The van der Waals surface area contributed by atoms with E-state index in [0.717, 1.165) is 22.3 Å². The van der Waals surface area contributed by atoms with Crippen molar-refractivity contribution in [3.05, 3.63) is 59.7 Å². The number of nitrogens with one attached hydrogen (secondary N) is 1. The van der Waals surface area contributed by atoms with Gasteiger partial charge in [-0.1, -0.05) is 62.4 Å². The zero-order valence-electron chi connectivity index (χ0n) is 21.2. The number of carbonyl (C=O) groups excluding carboxylic acids is 3. The van der Waals surface area contributed by atoms with Crippen LogP contribution in [0, 0.1) is 5.92 Å². The van der Waals surface area contributed by atoms with Crippen LogP contribution in [0.4, 0.5) is 4.79 Å². The van der Waals surface area contributed by atoms with Crippen LogP contribution in [0.3, 0.4) is 0 Å². The van der Waals surface area contributed by atoms with Crippen LogP contribution >= 0.6 is 0 Å². The quantitative estimate of drug-likeness (QED) is 0.553. The Kier molecular flexibility index (Phi) is 8.34. The topological polar surface area (TPSA) is 116 Å². The number of carboxylic acid groups (broad SMARTS) is 1. The van der Waals surface area contributed by atoms with E-state index in [1.165, 1.54) is 30.9 Å². The molecule has 192 valence electrons. The molecule has 2 aromatic rings. The highest BCUT2D eigenvalue weighted by molar-refractivity contribution is 5.93. The molecule has 9 heteroatoms. The third-order valence-electron chi connectivity index (χ3n) is 6.38. The van der Waals surface area contributed by atoms with Crippen LogP contribution in [0.1, 0.15) is 37.3 Å². The summed E-state index contributed by atoms with van der Waals surface area (Å²) >= 11 is 0. The van der Waals surface area contributed by atoms with Gasteiger partial charge in [-0.25, -0.2) is 4.79 Å². The van der Waals surface area contributed by atoms with Crippen LogP contribution in [-0.4, -0.2) is 78.6 Å². The van der Waals surface area contributed by atoms with Crippen LogP contribution in [0.2, 0.25) is 0 Å². The van der Waals surface area contributed by atoms with E-state index in [4.69, 9.17) is 4.74 Å². The molecular formula is C27H33N3O6. The second-order valence-electron chi connectivity index (χ2n) is 9.50. The molecule has 2 unspecified atom stereocenters. The molecule has 0 spiro atoms. The van der Waals surface area contributed by atoms with Gasteiger partial charge in [0.15, 0.2) is 0 Å². The van der Waals surface area contributed by atoms with E-state index in [2.05, 4.69) is 5.32 Å². The van der Waals surface area contributed by atoms with Gasteiger partial charge in [-0.2, -0.15) is 0 Å². The molecule has 2 N–H and O–H groups in total. The molecule has 0 bridgehead atoms. The Morgan fingerprint density at radius 2 is 1.47 bits per heavy atom. The van der Waals surface area contributed by atoms with E-state index in [-0.39, 0.29) is 18.4 Å². The average molecular weight is 496 g/mol. The van der Waals surface area contributed by atoms with Crippen molar-refractivity contribution >= 4 is 23.9 Å². The summed E-state index contributed by atoms with van der Waals surface area (Å²) < 4.78 is 5.68. The molecule has 0 heterocycles. The summed E-state index contributed by atoms with van der Waals surface area (Å²) in [5.41, 5.74) is 4.37. The predicted molar refractivity (Wildman–Crippen MR) is 134 cm³/mol. The van der Waals surface area contributed by atoms with Crippen molar-refractivity contribution in [3.63, 3.8) is 0 Å². The summed E-state index contributed by atoms with van der Waals surface area (Å²) in [4.78, 5) is 52.2. The number of benzene rings is 2. The first-order chi connectivity index (χ1) is 17.0. The zero-order chi connectivity index (χ0) is 26.6. The second-order valence-corrected chi connectivity index (χ2v) is 9.50. The summed E-state index contributed by atoms with van der Waals surface area (Å²) in [5, 5.41) is 11.7.